The second-order valence-corrected chi connectivity index (χ2v) is 39.4. The van der Waals surface area contributed by atoms with Gasteiger partial charge in [-0.1, -0.05) is 566 Å². The SMILES string of the molecule is CCCCCCCCCCCCC(CCCCCCCCCC)COc1ccc(OCC(CCCCCCCCCC)CCCCCCCCCCCC)c(/C=C/c2ccc(/C=C/c3cc(OCC(CCCCCCCCCC)CCCCCCCCCCCC)ccc3OCC(CCCCCCCCCC)CCCCCCCCCCCC)cc2)c1. The van der Waals surface area contributed by atoms with Crippen molar-refractivity contribution in [2.75, 3.05) is 26.4 Å². The predicted octanol–water partition coefficient (Wildman–Crippen LogP) is 41.4. The molecule has 0 heterocycles. The van der Waals surface area contributed by atoms with E-state index in [2.05, 4.69) is 140 Å². The summed E-state index contributed by atoms with van der Waals surface area (Å²) in [6, 6.07) is 22.9. The van der Waals surface area contributed by atoms with E-state index in [-0.39, 0.29) is 0 Å². The Morgan fingerprint density at radius 3 is 0.500 bits per heavy atom. The van der Waals surface area contributed by atoms with Crippen molar-refractivity contribution in [3.05, 3.63) is 82.9 Å². The lowest BCUT2D eigenvalue weighted by molar-refractivity contribution is 0.218. The Kier molecular flexibility index (Phi) is 81.2. The van der Waals surface area contributed by atoms with Crippen LogP contribution in [0.1, 0.15) is 591 Å². The highest BCUT2D eigenvalue weighted by atomic mass is 16.5. The highest BCUT2D eigenvalue weighted by molar-refractivity contribution is 5.76. The van der Waals surface area contributed by atoms with Crippen LogP contribution < -0.4 is 18.9 Å². The standard InChI is InChI=1S/C118H210O4/c1-9-17-25-33-41-49-53-61-69-75-83-109(81-73-65-57-45-37-29-21-13-5)103-119-115-97-99-117(121-105-111(85-77-67-59-47-39-31-23-15-7)87-79-71-63-55-51-43-35-27-19-11-3)113(101-115)95-93-107-89-91-108(92-90-107)94-96-114-102-116(120-104-110(82-74-66-58-46-38-30-22-14-6)84-76-70-62-54-50-42-34-26-18-10-2)98-100-118(114)122-106-112(86-78-68-60-48-40-32-24-16-8)88-80-72-64-56-52-44-36-28-20-12-4/h89-102,109-112H,9-88,103-106H2,1-8H3/b95-93+,96-94+. The van der Waals surface area contributed by atoms with Gasteiger partial charge >= 0.3 is 0 Å². The first-order valence-corrected chi connectivity index (χ1v) is 55.6. The van der Waals surface area contributed by atoms with E-state index in [4.69, 9.17) is 18.9 Å². The Morgan fingerprint density at radius 1 is 0.172 bits per heavy atom. The Balaban J connectivity index is 2.03. The number of rotatable bonds is 96. The monoisotopic (exact) mass is 1690 g/mol. The van der Waals surface area contributed by atoms with Gasteiger partial charge in [0.2, 0.25) is 0 Å². The van der Waals surface area contributed by atoms with Gasteiger partial charge in [0.25, 0.3) is 0 Å². The molecule has 0 aliphatic rings. The number of benzene rings is 3. The fourth-order valence-corrected chi connectivity index (χ4v) is 18.9. The zero-order valence-corrected chi connectivity index (χ0v) is 83.4. The summed E-state index contributed by atoms with van der Waals surface area (Å²) < 4.78 is 28.3. The molecule has 0 saturated heterocycles. The first-order chi connectivity index (χ1) is 60.4. The Hall–Kier alpha value is -3.66. The van der Waals surface area contributed by atoms with Crippen LogP contribution in [-0.4, -0.2) is 26.4 Å². The fraction of sp³-hybridized carbons (Fsp3) is 0.814. The molecule has 3 aromatic rings. The van der Waals surface area contributed by atoms with Crippen LogP contribution in [0.5, 0.6) is 23.0 Å². The van der Waals surface area contributed by atoms with Crippen molar-refractivity contribution >= 4 is 24.3 Å². The summed E-state index contributed by atoms with van der Waals surface area (Å²) in [4.78, 5) is 0. The number of unbranched alkanes of at least 4 members (excludes halogenated alkanes) is 64. The van der Waals surface area contributed by atoms with Gasteiger partial charge in [-0.3, -0.25) is 0 Å². The second kappa shape index (κ2) is 88.0. The van der Waals surface area contributed by atoms with E-state index in [0.29, 0.717) is 23.7 Å². The van der Waals surface area contributed by atoms with Gasteiger partial charge in [0, 0.05) is 11.1 Å². The molecule has 3 aromatic carbocycles. The van der Waals surface area contributed by atoms with Gasteiger partial charge in [-0.05, 0) is 123 Å². The van der Waals surface area contributed by atoms with Gasteiger partial charge in [0.05, 0.1) is 26.4 Å². The molecule has 122 heavy (non-hydrogen) atoms. The van der Waals surface area contributed by atoms with E-state index in [1.54, 1.807) is 0 Å². The molecular weight excluding hydrogens is 1480 g/mol. The fourth-order valence-electron chi connectivity index (χ4n) is 18.9. The van der Waals surface area contributed by atoms with Crippen molar-refractivity contribution in [3.63, 3.8) is 0 Å². The zero-order chi connectivity index (χ0) is 87.1. The van der Waals surface area contributed by atoms with E-state index in [1.807, 2.05) is 0 Å². The smallest absolute Gasteiger partial charge is 0.126 e. The molecule has 0 saturated carbocycles. The molecule has 4 unspecified atom stereocenters. The van der Waals surface area contributed by atoms with Crippen molar-refractivity contribution in [3.8, 4) is 23.0 Å². The number of ether oxygens (including phenoxy) is 4. The van der Waals surface area contributed by atoms with E-state index in [0.717, 1.165) is 60.6 Å². The molecule has 0 bridgehead atoms. The molecule has 4 heteroatoms. The third kappa shape index (κ3) is 68.5. The molecule has 0 aromatic heterocycles. The third-order valence-electron chi connectivity index (χ3n) is 27.5. The summed E-state index contributed by atoms with van der Waals surface area (Å²) in [5.74, 6) is 6.28. The maximum absolute atomic E-state index is 7.15. The number of hydrogen-bond acceptors (Lipinski definition) is 4. The molecule has 0 aliphatic heterocycles. The van der Waals surface area contributed by atoms with Crippen molar-refractivity contribution in [2.45, 2.75) is 569 Å². The van der Waals surface area contributed by atoms with E-state index < -0.39 is 0 Å². The maximum Gasteiger partial charge on any atom is 0.126 e. The minimum absolute atomic E-state index is 0.574. The summed E-state index contributed by atoms with van der Waals surface area (Å²) >= 11 is 0. The van der Waals surface area contributed by atoms with Crippen LogP contribution in [0.25, 0.3) is 24.3 Å². The molecule has 706 valence electrons. The lowest BCUT2D eigenvalue weighted by Crippen LogP contribution is -2.14. The van der Waals surface area contributed by atoms with E-state index >= 15 is 0 Å². The molecule has 0 amide bonds. The average molecular weight is 1690 g/mol. The normalized spacial score (nSPS) is 12.9. The molecule has 0 spiro atoms. The quantitative estimate of drug-likeness (QED) is 0.0417. The molecule has 0 fully saturated rings. The number of hydrogen-bond donors (Lipinski definition) is 0. The summed E-state index contributed by atoms with van der Waals surface area (Å²) in [6.45, 7) is 21.8. The maximum atomic E-state index is 7.15. The first kappa shape index (κ1) is 113. The molecule has 0 aliphatic carbocycles. The Morgan fingerprint density at radius 2 is 0.328 bits per heavy atom. The van der Waals surface area contributed by atoms with Crippen LogP contribution in [-0.2, 0) is 0 Å². The minimum atomic E-state index is 0.574. The van der Waals surface area contributed by atoms with Crippen LogP contribution in [0.4, 0.5) is 0 Å². The van der Waals surface area contributed by atoms with Gasteiger partial charge < -0.3 is 18.9 Å². The molecular formula is C118H210O4. The van der Waals surface area contributed by atoms with Crippen LogP contribution in [0.3, 0.4) is 0 Å². The zero-order valence-electron chi connectivity index (χ0n) is 83.4. The van der Waals surface area contributed by atoms with Crippen LogP contribution >= 0.6 is 0 Å². The minimum Gasteiger partial charge on any atom is -0.493 e. The Bertz CT molecular complexity index is 2490. The highest BCUT2D eigenvalue weighted by Gasteiger charge is 2.18. The van der Waals surface area contributed by atoms with Crippen molar-refractivity contribution in [1.29, 1.82) is 0 Å². The van der Waals surface area contributed by atoms with Crippen LogP contribution in [0.15, 0.2) is 60.7 Å². The van der Waals surface area contributed by atoms with Gasteiger partial charge in [0.15, 0.2) is 0 Å². The van der Waals surface area contributed by atoms with Crippen molar-refractivity contribution < 1.29 is 18.9 Å². The summed E-state index contributed by atoms with van der Waals surface area (Å²) in [6.07, 6.45) is 119. The topological polar surface area (TPSA) is 36.9 Å². The van der Waals surface area contributed by atoms with Crippen molar-refractivity contribution in [1.82, 2.24) is 0 Å². The summed E-state index contributed by atoms with van der Waals surface area (Å²) in [5.41, 5.74) is 4.64. The lowest BCUT2D eigenvalue weighted by atomic mass is 9.94. The highest BCUT2D eigenvalue weighted by Crippen LogP contribution is 2.34. The molecule has 0 radical (unpaired) electrons. The lowest BCUT2D eigenvalue weighted by Gasteiger charge is -2.20. The van der Waals surface area contributed by atoms with Gasteiger partial charge in [-0.15, -0.1) is 0 Å². The summed E-state index contributed by atoms with van der Waals surface area (Å²) in [5, 5.41) is 0. The molecule has 0 N–H and O–H groups in total. The van der Waals surface area contributed by atoms with Crippen LogP contribution in [0.2, 0.25) is 0 Å². The molecule has 4 atom stereocenters. The van der Waals surface area contributed by atoms with Gasteiger partial charge in [0.1, 0.15) is 23.0 Å². The summed E-state index contributed by atoms with van der Waals surface area (Å²) in [7, 11) is 0. The molecule has 3 rings (SSSR count). The van der Waals surface area contributed by atoms with Crippen molar-refractivity contribution in [2.24, 2.45) is 23.7 Å². The van der Waals surface area contributed by atoms with E-state index in [1.165, 1.54) is 525 Å². The van der Waals surface area contributed by atoms with Crippen LogP contribution in [0, 0.1) is 23.7 Å². The Labute approximate surface area is 763 Å². The average Bonchev–Trinajstić information content (AvgIpc) is 0.851. The third-order valence-corrected chi connectivity index (χ3v) is 27.5. The first-order valence-electron chi connectivity index (χ1n) is 55.6. The largest absolute Gasteiger partial charge is 0.493 e. The van der Waals surface area contributed by atoms with E-state index in [9.17, 15) is 0 Å². The van der Waals surface area contributed by atoms with Gasteiger partial charge in [-0.2, -0.15) is 0 Å². The van der Waals surface area contributed by atoms with Gasteiger partial charge in [-0.25, -0.2) is 0 Å². The predicted molar refractivity (Wildman–Crippen MR) is 548 cm³/mol. The molecule has 4 nitrogen and oxygen atoms in total. The second-order valence-electron chi connectivity index (χ2n) is 39.4.